The van der Waals surface area contributed by atoms with E-state index in [1.807, 2.05) is 32.3 Å². The zero-order chi connectivity index (χ0) is 19.8. The fourth-order valence-electron chi connectivity index (χ4n) is 3.44. The Morgan fingerprint density at radius 3 is 2.79 bits per heavy atom. The highest BCUT2D eigenvalue weighted by molar-refractivity contribution is 5.82. The van der Waals surface area contributed by atoms with Gasteiger partial charge in [0.25, 0.3) is 0 Å². The molecule has 3 aromatic heterocycles. The first-order chi connectivity index (χ1) is 13.4. The third-order valence-corrected chi connectivity index (χ3v) is 4.81. The quantitative estimate of drug-likeness (QED) is 0.491. The molecule has 4 rings (SSSR count). The molecule has 144 valence electrons. The Morgan fingerprint density at radius 2 is 2.00 bits per heavy atom. The highest BCUT2D eigenvalue weighted by Gasteiger charge is 2.13. The van der Waals surface area contributed by atoms with Crippen LogP contribution in [0.5, 0.6) is 0 Å². The fourth-order valence-corrected chi connectivity index (χ4v) is 3.44. The van der Waals surface area contributed by atoms with Crippen LogP contribution in [0.3, 0.4) is 0 Å². The van der Waals surface area contributed by atoms with Gasteiger partial charge in [0.2, 0.25) is 0 Å². The second-order valence-corrected chi connectivity index (χ2v) is 7.42. The molecule has 0 aliphatic heterocycles. The number of aromatic nitrogens is 2. The maximum absolute atomic E-state index is 14.4. The van der Waals surface area contributed by atoms with Crippen molar-refractivity contribution in [2.75, 3.05) is 20.6 Å². The molecule has 0 amide bonds. The second kappa shape index (κ2) is 7.20. The molecule has 0 fully saturated rings. The van der Waals surface area contributed by atoms with Gasteiger partial charge in [-0.3, -0.25) is 0 Å². The molecular weight excluding hydrogens is 357 g/mol. The zero-order valence-corrected chi connectivity index (χ0v) is 16.2. The Morgan fingerprint density at radius 1 is 1.18 bits per heavy atom. The first-order valence-electron chi connectivity index (χ1n) is 9.27. The van der Waals surface area contributed by atoms with E-state index in [2.05, 4.69) is 9.88 Å². The molecule has 0 atom stereocenters. The predicted octanol–water partition coefficient (Wildman–Crippen LogP) is 4.05. The van der Waals surface area contributed by atoms with Gasteiger partial charge in [0.05, 0.1) is 11.3 Å². The molecule has 5 nitrogen and oxygen atoms in total. The third-order valence-electron chi connectivity index (χ3n) is 4.81. The van der Waals surface area contributed by atoms with E-state index in [4.69, 9.17) is 4.42 Å². The summed E-state index contributed by atoms with van der Waals surface area (Å²) in [6, 6.07) is 9.00. The molecule has 3 heterocycles. The lowest BCUT2D eigenvalue weighted by atomic mass is 10.0. The SMILES string of the molecule is Cc1cn2cc(-c3cc4ccc(CCCN(C)C)cc4oc3=O)cc(F)c2n1. The number of imidazole rings is 1. The van der Waals surface area contributed by atoms with Gasteiger partial charge >= 0.3 is 5.63 Å². The van der Waals surface area contributed by atoms with Crippen LogP contribution >= 0.6 is 0 Å². The lowest BCUT2D eigenvalue weighted by Gasteiger charge is -2.09. The van der Waals surface area contributed by atoms with Gasteiger partial charge in [-0.25, -0.2) is 14.2 Å². The van der Waals surface area contributed by atoms with Crippen LogP contribution in [-0.4, -0.2) is 34.9 Å². The zero-order valence-electron chi connectivity index (χ0n) is 16.2. The summed E-state index contributed by atoms with van der Waals surface area (Å²) in [7, 11) is 4.10. The third kappa shape index (κ3) is 3.55. The Labute approximate surface area is 162 Å². The van der Waals surface area contributed by atoms with Gasteiger partial charge in [0.1, 0.15) is 5.58 Å². The minimum Gasteiger partial charge on any atom is -0.422 e. The van der Waals surface area contributed by atoms with Gasteiger partial charge in [-0.05, 0) is 64.2 Å². The molecule has 0 radical (unpaired) electrons. The maximum Gasteiger partial charge on any atom is 0.344 e. The molecule has 4 aromatic rings. The van der Waals surface area contributed by atoms with Crippen LogP contribution in [0, 0.1) is 12.7 Å². The largest absolute Gasteiger partial charge is 0.422 e. The van der Waals surface area contributed by atoms with Crippen molar-refractivity contribution in [2.24, 2.45) is 0 Å². The topological polar surface area (TPSA) is 50.8 Å². The number of aryl methyl sites for hydroxylation is 2. The molecule has 0 unspecified atom stereocenters. The summed E-state index contributed by atoms with van der Waals surface area (Å²) in [5, 5.41) is 0.813. The summed E-state index contributed by atoms with van der Waals surface area (Å²) in [6.07, 6.45) is 5.38. The average Bonchev–Trinajstić information content (AvgIpc) is 3.01. The van der Waals surface area contributed by atoms with Crippen molar-refractivity contribution in [2.45, 2.75) is 19.8 Å². The number of fused-ring (bicyclic) bond motifs is 2. The van der Waals surface area contributed by atoms with Crippen LogP contribution < -0.4 is 5.63 Å². The van der Waals surface area contributed by atoms with Crippen LogP contribution in [0.2, 0.25) is 0 Å². The van der Waals surface area contributed by atoms with Crippen LogP contribution in [0.25, 0.3) is 27.7 Å². The molecule has 0 saturated carbocycles. The molecule has 0 saturated heterocycles. The van der Waals surface area contributed by atoms with Crippen molar-refractivity contribution in [3.8, 4) is 11.1 Å². The molecule has 1 aromatic carbocycles. The van der Waals surface area contributed by atoms with Crippen molar-refractivity contribution >= 4 is 16.6 Å². The first-order valence-corrected chi connectivity index (χ1v) is 9.27. The van der Waals surface area contributed by atoms with Gasteiger partial charge in [0.15, 0.2) is 11.5 Å². The molecule has 0 N–H and O–H groups in total. The van der Waals surface area contributed by atoms with Crippen molar-refractivity contribution < 1.29 is 8.81 Å². The summed E-state index contributed by atoms with van der Waals surface area (Å²) >= 11 is 0. The van der Waals surface area contributed by atoms with E-state index in [0.29, 0.717) is 22.4 Å². The number of hydrogen-bond acceptors (Lipinski definition) is 4. The molecule has 0 spiro atoms. The minimum absolute atomic E-state index is 0.244. The van der Waals surface area contributed by atoms with E-state index < -0.39 is 11.4 Å². The van der Waals surface area contributed by atoms with E-state index >= 15 is 0 Å². The number of halogens is 1. The fraction of sp³-hybridized carbons (Fsp3) is 0.273. The predicted molar refractivity (Wildman–Crippen MR) is 108 cm³/mol. The highest BCUT2D eigenvalue weighted by atomic mass is 19.1. The molecule has 6 heteroatoms. The van der Waals surface area contributed by atoms with E-state index in [1.54, 1.807) is 29.8 Å². The Hall–Kier alpha value is -2.99. The molecule has 0 bridgehead atoms. The maximum atomic E-state index is 14.4. The molecule has 0 aliphatic rings. The summed E-state index contributed by atoms with van der Waals surface area (Å²) in [5.41, 5.74) is 2.96. The standard InChI is InChI=1S/C22H22FN3O2/c1-14-12-26-13-17(11-19(23)21(26)24-14)18-10-16-7-6-15(5-4-8-25(2)3)9-20(16)28-22(18)27/h6-7,9-13H,4-5,8H2,1-3H3. The van der Waals surface area contributed by atoms with E-state index in [-0.39, 0.29) is 5.65 Å². The van der Waals surface area contributed by atoms with Crippen LogP contribution in [0.1, 0.15) is 17.7 Å². The number of benzene rings is 1. The number of hydrogen-bond donors (Lipinski definition) is 0. The van der Waals surface area contributed by atoms with Crippen LogP contribution in [-0.2, 0) is 6.42 Å². The van der Waals surface area contributed by atoms with Gasteiger partial charge in [-0.1, -0.05) is 12.1 Å². The Bertz CT molecular complexity index is 1220. The van der Waals surface area contributed by atoms with Crippen LogP contribution in [0.4, 0.5) is 4.39 Å². The van der Waals surface area contributed by atoms with E-state index in [0.717, 1.165) is 30.3 Å². The highest BCUT2D eigenvalue weighted by Crippen LogP contribution is 2.24. The molecule has 0 aliphatic carbocycles. The van der Waals surface area contributed by atoms with Crippen molar-refractivity contribution in [3.63, 3.8) is 0 Å². The minimum atomic E-state index is -0.478. The van der Waals surface area contributed by atoms with E-state index in [9.17, 15) is 9.18 Å². The van der Waals surface area contributed by atoms with Gasteiger partial charge in [-0.2, -0.15) is 0 Å². The van der Waals surface area contributed by atoms with E-state index in [1.165, 1.54) is 6.07 Å². The number of pyridine rings is 1. The first kappa shape index (κ1) is 18.4. The van der Waals surface area contributed by atoms with Gasteiger partial charge in [0, 0.05) is 23.3 Å². The summed E-state index contributed by atoms with van der Waals surface area (Å²) in [4.78, 5) is 18.9. The lowest BCUT2D eigenvalue weighted by Crippen LogP contribution is -2.13. The monoisotopic (exact) mass is 379 g/mol. The second-order valence-electron chi connectivity index (χ2n) is 7.42. The molecular formula is C22H22FN3O2. The average molecular weight is 379 g/mol. The molecule has 28 heavy (non-hydrogen) atoms. The lowest BCUT2D eigenvalue weighted by molar-refractivity contribution is 0.400. The Balaban J connectivity index is 1.72. The summed E-state index contributed by atoms with van der Waals surface area (Å²) in [6.45, 7) is 2.80. The smallest absolute Gasteiger partial charge is 0.344 e. The van der Waals surface area contributed by atoms with Gasteiger partial charge in [-0.15, -0.1) is 0 Å². The number of nitrogens with zero attached hydrogens (tertiary/aromatic N) is 3. The van der Waals surface area contributed by atoms with Crippen molar-refractivity contribution in [1.29, 1.82) is 0 Å². The van der Waals surface area contributed by atoms with Crippen LogP contribution in [0.15, 0.2) is 51.9 Å². The normalized spacial score (nSPS) is 11.8. The number of rotatable bonds is 5. The van der Waals surface area contributed by atoms with Crippen molar-refractivity contribution in [1.82, 2.24) is 14.3 Å². The summed E-state index contributed by atoms with van der Waals surface area (Å²) in [5.74, 6) is -0.471. The summed E-state index contributed by atoms with van der Waals surface area (Å²) < 4.78 is 21.6. The Kier molecular flexibility index (Phi) is 4.73. The van der Waals surface area contributed by atoms with Gasteiger partial charge < -0.3 is 13.7 Å². The van der Waals surface area contributed by atoms with Crippen molar-refractivity contribution in [3.05, 3.63) is 70.2 Å².